The Hall–Kier alpha value is -3.00. The van der Waals surface area contributed by atoms with E-state index in [1.807, 2.05) is 39.0 Å². The van der Waals surface area contributed by atoms with E-state index in [-0.39, 0.29) is 23.3 Å². The summed E-state index contributed by atoms with van der Waals surface area (Å²) in [6.07, 6.45) is 0.453. The number of aryl methyl sites for hydroxylation is 2. The molecule has 0 spiro atoms. The molecule has 1 aliphatic heterocycles. The number of sulfonamides is 1. The molecule has 1 aliphatic rings. The Labute approximate surface area is 176 Å². The zero-order valence-electron chi connectivity index (χ0n) is 17.4. The van der Waals surface area contributed by atoms with Crippen molar-refractivity contribution in [1.82, 2.24) is 5.16 Å². The molecule has 1 aromatic heterocycles. The first-order chi connectivity index (χ1) is 14.3. The largest absolute Gasteiger partial charge is 0.495 e. The van der Waals surface area contributed by atoms with Crippen molar-refractivity contribution >= 4 is 15.7 Å². The monoisotopic (exact) mass is 428 g/mol. The van der Waals surface area contributed by atoms with Crippen LogP contribution in [0.2, 0.25) is 0 Å². The van der Waals surface area contributed by atoms with Gasteiger partial charge >= 0.3 is 0 Å². The van der Waals surface area contributed by atoms with Crippen molar-refractivity contribution in [2.75, 3.05) is 18.0 Å². The lowest BCUT2D eigenvalue weighted by Gasteiger charge is -2.35. The third kappa shape index (κ3) is 3.52. The molecular weight excluding hydrogens is 404 g/mol. The summed E-state index contributed by atoms with van der Waals surface area (Å²) in [7, 11) is -2.48. The number of hydrogen-bond donors (Lipinski definition) is 0. The van der Waals surface area contributed by atoms with Crippen LogP contribution in [0.4, 0.5) is 5.69 Å². The van der Waals surface area contributed by atoms with Crippen LogP contribution < -0.4 is 13.8 Å². The summed E-state index contributed by atoms with van der Waals surface area (Å²) in [6, 6.07) is 12.3. The normalized spacial score (nSPS) is 16.1. The highest BCUT2D eigenvalue weighted by molar-refractivity contribution is 7.93. The fourth-order valence-electron chi connectivity index (χ4n) is 3.51. The molecule has 0 aliphatic carbocycles. The third-order valence-electron chi connectivity index (χ3n) is 5.15. The van der Waals surface area contributed by atoms with Crippen molar-refractivity contribution in [3.63, 3.8) is 0 Å². The van der Waals surface area contributed by atoms with Crippen molar-refractivity contribution in [2.45, 2.75) is 38.2 Å². The summed E-state index contributed by atoms with van der Waals surface area (Å²) in [5.41, 5.74) is 2.81. The highest BCUT2D eigenvalue weighted by Gasteiger charge is 2.36. The average Bonchev–Trinajstić information content (AvgIpc) is 3.18. The van der Waals surface area contributed by atoms with Gasteiger partial charge in [-0.15, -0.1) is 0 Å². The van der Waals surface area contributed by atoms with Crippen LogP contribution >= 0.6 is 0 Å². The maximum Gasteiger partial charge on any atom is 0.268 e. The van der Waals surface area contributed by atoms with E-state index >= 15 is 0 Å². The molecule has 2 aromatic carbocycles. The number of fused-ring (bicyclic) bond motifs is 1. The summed E-state index contributed by atoms with van der Waals surface area (Å²) >= 11 is 0. The Morgan fingerprint density at radius 3 is 2.63 bits per heavy atom. The van der Waals surface area contributed by atoms with Crippen molar-refractivity contribution in [2.24, 2.45) is 0 Å². The van der Waals surface area contributed by atoms with Gasteiger partial charge in [-0.3, -0.25) is 4.31 Å². The predicted molar refractivity (Wildman–Crippen MR) is 114 cm³/mol. The molecule has 0 unspecified atom stereocenters. The fraction of sp³-hybridized carbons (Fsp3) is 0.318. The molecule has 2 heterocycles. The maximum absolute atomic E-state index is 13.8. The second-order valence-corrected chi connectivity index (χ2v) is 9.18. The molecule has 7 nitrogen and oxygen atoms in total. The van der Waals surface area contributed by atoms with Gasteiger partial charge < -0.3 is 14.0 Å². The smallest absolute Gasteiger partial charge is 0.268 e. The zero-order valence-corrected chi connectivity index (χ0v) is 18.2. The number of hydrogen-bond acceptors (Lipinski definition) is 6. The first-order valence-corrected chi connectivity index (χ1v) is 11.2. The Morgan fingerprint density at radius 1 is 1.17 bits per heavy atom. The van der Waals surface area contributed by atoms with E-state index in [2.05, 4.69) is 5.16 Å². The standard InChI is InChI=1S/C22H24N2O5S/c1-5-17-13-24(18-10-14(2)6-8-19(18)28-17)30(25,26)22-12-16(7-9-20(22)27-4)21-11-15(3)23-29-21/h6-12,17H,5,13H2,1-4H3/t17-/m0/s1. The summed E-state index contributed by atoms with van der Waals surface area (Å²) < 4.78 is 45.8. The van der Waals surface area contributed by atoms with Crippen molar-refractivity contribution in [1.29, 1.82) is 0 Å². The van der Waals surface area contributed by atoms with Crippen LogP contribution in [0.15, 0.2) is 51.9 Å². The molecule has 0 fully saturated rings. The molecule has 1 atom stereocenters. The Bertz CT molecular complexity index is 1190. The summed E-state index contributed by atoms with van der Waals surface area (Å²) in [4.78, 5) is 0.0702. The van der Waals surface area contributed by atoms with E-state index in [1.54, 1.807) is 24.3 Å². The topological polar surface area (TPSA) is 81.9 Å². The number of rotatable bonds is 5. The second kappa shape index (κ2) is 7.68. The lowest BCUT2D eigenvalue weighted by molar-refractivity contribution is 0.195. The van der Waals surface area contributed by atoms with Gasteiger partial charge in [0.05, 0.1) is 25.0 Å². The minimum Gasteiger partial charge on any atom is -0.495 e. The van der Waals surface area contributed by atoms with Crippen LogP contribution in [0, 0.1) is 13.8 Å². The molecule has 0 bridgehead atoms. The van der Waals surface area contributed by atoms with Crippen molar-refractivity contribution in [3.8, 4) is 22.8 Å². The van der Waals surface area contributed by atoms with Gasteiger partial charge in [-0.2, -0.15) is 0 Å². The highest BCUT2D eigenvalue weighted by atomic mass is 32.2. The molecule has 8 heteroatoms. The van der Waals surface area contributed by atoms with Crippen molar-refractivity contribution < 1.29 is 22.4 Å². The van der Waals surface area contributed by atoms with E-state index in [9.17, 15) is 8.42 Å². The van der Waals surface area contributed by atoms with Crippen LogP contribution in [-0.4, -0.2) is 33.3 Å². The van der Waals surface area contributed by atoms with Gasteiger partial charge in [0.2, 0.25) is 0 Å². The van der Waals surface area contributed by atoms with E-state index in [0.29, 0.717) is 34.9 Å². The van der Waals surface area contributed by atoms with Gasteiger partial charge in [-0.1, -0.05) is 18.1 Å². The van der Waals surface area contributed by atoms with Crippen LogP contribution in [0.3, 0.4) is 0 Å². The Balaban J connectivity index is 1.86. The van der Waals surface area contributed by atoms with Gasteiger partial charge in [-0.25, -0.2) is 8.42 Å². The number of nitrogens with zero attached hydrogens (tertiary/aromatic N) is 2. The molecule has 158 valence electrons. The van der Waals surface area contributed by atoms with Gasteiger partial charge in [0.15, 0.2) is 5.76 Å². The fourth-order valence-corrected chi connectivity index (χ4v) is 5.20. The Kier molecular flexibility index (Phi) is 5.19. The summed E-state index contributed by atoms with van der Waals surface area (Å²) in [5.74, 6) is 1.32. The first kappa shape index (κ1) is 20.3. The molecule has 3 aromatic rings. The van der Waals surface area contributed by atoms with Crippen LogP contribution in [0.5, 0.6) is 11.5 Å². The minimum absolute atomic E-state index is 0.0702. The Morgan fingerprint density at radius 2 is 1.97 bits per heavy atom. The van der Waals surface area contributed by atoms with Crippen LogP contribution in [0.25, 0.3) is 11.3 Å². The highest BCUT2D eigenvalue weighted by Crippen LogP contribution is 2.40. The van der Waals surface area contributed by atoms with Gasteiger partial charge in [0.1, 0.15) is 22.5 Å². The predicted octanol–water partition coefficient (Wildman–Crippen LogP) is 4.33. The molecular formula is C22H24N2O5S. The number of ether oxygens (including phenoxy) is 2. The van der Waals surface area contributed by atoms with Gasteiger partial charge in [-0.05, 0) is 56.2 Å². The molecule has 0 amide bonds. The SMILES string of the molecule is CC[C@H]1CN(S(=O)(=O)c2cc(-c3cc(C)no3)ccc2OC)c2cc(C)ccc2O1. The summed E-state index contributed by atoms with van der Waals surface area (Å²) in [5, 5.41) is 3.90. The number of anilines is 1. The zero-order chi connectivity index (χ0) is 21.5. The maximum atomic E-state index is 13.8. The van der Waals surface area contributed by atoms with Crippen LogP contribution in [0.1, 0.15) is 24.6 Å². The average molecular weight is 429 g/mol. The molecule has 0 N–H and O–H groups in total. The quantitative estimate of drug-likeness (QED) is 0.601. The molecule has 0 saturated carbocycles. The van der Waals surface area contributed by atoms with E-state index in [0.717, 1.165) is 5.56 Å². The summed E-state index contributed by atoms with van der Waals surface area (Å²) in [6.45, 7) is 5.93. The van der Waals surface area contributed by atoms with Crippen LogP contribution in [-0.2, 0) is 10.0 Å². The first-order valence-electron chi connectivity index (χ1n) is 9.75. The van der Waals surface area contributed by atoms with Crippen molar-refractivity contribution in [3.05, 3.63) is 53.7 Å². The number of benzene rings is 2. The lowest BCUT2D eigenvalue weighted by atomic mass is 10.1. The lowest BCUT2D eigenvalue weighted by Crippen LogP contribution is -2.43. The second-order valence-electron chi connectivity index (χ2n) is 7.35. The van der Waals surface area contributed by atoms with Gasteiger partial charge in [0, 0.05) is 11.6 Å². The number of aromatic nitrogens is 1. The minimum atomic E-state index is -3.94. The van der Waals surface area contributed by atoms with E-state index < -0.39 is 10.0 Å². The molecule has 4 rings (SSSR count). The number of methoxy groups -OCH3 is 1. The molecule has 0 saturated heterocycles. The van der Waals surface area contributed by atoms with E-state index in [1.165, 1.54) is 11.4 Å². The van der Waals surface area contributed by atoms with Gasteiger partial charge in [0.25, 0.3) is 10.0 Å². The molecule has 0 radical (unpaired) electrons. The van der Waals surface area contributed by atoms with E-state index in [4.69, 9.17) is 14.0 Å². The molecule has 30 heavy (non-hydrogen) atoms. The third-order valence-corrected chi connectivity index (χ3v) is 6.95.